The summed E-state index contributed by atoms with van der Waals surface area (Å²) in [6, 6.07) is 5.76. The van der Waals surface area contributed by atoms with Gasteiger partial charge in [-0.05, 0) is 50.8 Å². The number of likely N-dealkylation sites (tertiary alicyclic amines) is 1. The normalized spacial score (nSPS) is 19.8. The van der Waals surface area contributed by atoms with Crippen molar-refractivity contribution in [2.24, 2.45) is 5.92 Å². The number of piperidine rings is 1. The number of methoxy groups -OCH3 is 2. The van der Waals surface area contributed by atoms with Gasteiger partial charge in [-0.25, -0.2) is 4.98 Å². The minimum Gasteiger partial charge on any atom is -0.493 e. The van der Waals surface area contributed by atoms with Crippen molar-refractivity contribution in [3.8, 4) is 22.1 Å². The summed E-state index contributed by atoms with van der Waals surface area (Å²) in [5.74, 6) is 1.61. The highest BCUT2D eigenvalue weighted by molar-refractivity contribution is 7.17. The third-order valence-corrected chi connectivity index (χ3v) is 6.32. The van der Waals surface area contributed by atoms with Gasteiger partial charge in [-0.2, -0.15) is 0 Å². The maximum Gasteiger partial charge on any atom is 0.266 e. The summed E-state index contributed by atoms with van der Waals surface area (Å²) < 4.78 is 10.7. The number of aliphatic hydroxyl groups is 1. The number of nitrogens with zero attached hydrogens (tertiary/aromatic N) is 2. The fourth-order valence-corrected chi connectivity index (χ4v) is 4.57. The minimum absolute atomic E-state index is 0.0283. The first-order valence-electron chi connectivity index (χ1n) is 9.10. The number of carbonyl (C=O) groups is 1. The lowest BCUT2D eigenvalue weighted by atomic mass is 9.92. The first kappa shape index (κ1) is 19.6. The zero-order chi connectivity index (χ0) is 19.6. The van der Waals surface area contributed by atoms with Crippen molar-refractivity contribution in [3.63, 3.8) is 0 Å². The molecule has 146 valence electrons. The zero-order valence-corrected chi connectivity index (χ0v) is 17.0. The average Bonchev–Trinajstić information content (AvgIpc) is 3.08. The van der Waals surface area contributed by atoms with E-state index in [0.717, 1.165) is 29.1 Å². The molecule has 1 aromatic heterocycles. The predicted molar refractivity (Wildman–Crippen MR) is 106 cm³/mol. The molecule has 7 heteroatoms. The fraction of sp³-hybridized carbons (Fsp3) is 0.500. The maximum absolute atomic E-state index is 13.1. The third-order valence-electron chi connectivity index (χ3n) is 5.13. The highest BCUT2D eigenvalue weighted by atomic mass is 32.1. The molecular weight excluding hydrogens is 364 g/mol. The number of aliphatic hydroxyl groups excluding tert-OH is 1. The largest absolute Gasteiger partial charge is 0.493 e. The molecule has 0 bridgehead atoms. The van der Waals surface area contributed by atoms with Gasteiger partial charge in [0, 0.05) is 24.8 Å². The molecule has 0 radical (unpaired) electrons. The van der Waals surface area contributed by atoms with Gasteiger partial charge in [-0.3, -0.25) is 4.79 Å². The van der Waals surface area contributed by atoms with Gasteiger partial charge in [0.2, 0.25) is 0 Å². The number of aromatic nitrogens is 1. The summed E-state index contributed by atoms with van der Waals surface area (Å²) >= 11 is 1.41. The molecule has 1 aliphatic rings. The summed E-state index contributed by atoms with van der Waals surface area (Å²) in [5.41, 5.74) is 1.64. The van der Waals surface area contributed by atoms with Gasteiger partial charge in [0.15, 0.2) is 11.5 Å². The lowest BCUT2D eigenvalue weighted by Crippen LogP contribution is -2.45. The van der Waals surface area contributed by atoms with E-state index in [-0.39, 0.29) is 24.5 Å². The predicted octanol–water partition coefficient (Wildman–Crippen LogP) is 3.37. The van der Waals surface area contributed by atoms with Crippen LogP contribution in [0.2, 0.25) is 0 Å². The molecule has 0 aliphatic carbocycles. The molecular formula is C20H26N2O4S. The second kappa shape index (κ2) is 8.27. The Balaban J connectivity index is 1.85. The summed E-state index contributed by atoms with van der Waals surface area (Å²) in [4.78, 5) is 20.3. The van der Waals surface area contributed by atoms with Crippen LogP contribution in [0.1, 0.15) is 35.1 Å². The first-order valence-corrected chi connectivity index (χ1v) is 9.91. The van der Waals surface area contributed by atoms with Crippen molar-refractivity contribution in [3.05, 3.63) is 28.8 Å². The topological polar surface area (TPSA) is 71.9 Å². The van der Waals surface area contributed by atoms with Gasteiger partial charge in [-0.1, -0.05) is 0 Å². The Morgan fingerprint density at radius 2 is 2.07 bits per heavy atom. The van der Waals surface area contributed by atoms with Gasteiger partial charge in [0.05, 0.1) is 19.9 Å². The Bertz CT molecular complexity index is 820. The minimum atomic E-state index is 0.0283. The number of aryl methyl sites for hydroxylation is 1. The van der Waals surface area contributed by atoms with Crippen LogP contribution in [0.5, 0.6) is 11.5 Å². The van der Waals surface area contributed by atoms with E-state index in [9.17, 15) is 9.90 Å². The van der Waals surface area contributed by atoms with Crippen LogP contribution in [-0.4, -0.2) is 54.3 Å². The van der Waals surface area contributed by atoms with E-state index in [4.69, 9.17) is 9.47 Å². The molecule has 0 saturated carbocycles. The SMILES string of the molecule is COc1ccc(-c2nc(C)c(C(=O)N3CC[C@H](CO)C[C@@H]3C)s2)cc1OC. The molecule has 1 saturated heterocycles. The lowest BCUT2D eigenvalue weighted by Gasteiger charge is -2.37. The Morgan fingerprint density at radius 3 is 2.70 bits per heavy atom. The molecule has 1 aliphatic heterocycles. The molecule has 1 aromatic carbocycles. The van der Waals surface area contributed by atoms with Crippen LogP contribution in [0.3, 0.4) is 0 Å². The molecule has 2 atom stereocenters. The van der Waals surface area contributed by atoms with Crippen molar-refractivity contribution in [2.75, 3.05) is 27.4 Å². The van der Waals surface area contributed by atoms with Crippen LogP contribution in [-0.2, 0) is 0 Å². The lowest BCUT2D eigenvalue weighted by molar-refractivity contribution is 0.0519. The van der Waals surface area contributed by atoms with Crippen LogP contribution in [0.25, 0.3) is 10.6 Å². The van der Waals surface area contributed by atoms with Crippen LogP contribution >= 0.6 is 11.3 Å². The quantitative estimate of drug-likeness (QED) is 0.847. The van der Waals surface area contributed by atoms with E-state index >= 15 is 0 Å². The van der Waals surface area contributed by atoms with E-state index in [1.165, 1.54) is 11.3 Å². The molecule has 2 aromatic rings. The smallest absolute Gasteiger partial charge is 0.266 e. The maximum atomic E-state index is 13.1. The van der Waals surface area contributed by atoms with Crippen molar-refractivity contribution >= 4 is 17.2 Å². The highest BCUT2D eigenvalue weighted by Crippen LogP contribution is 2.36. The van der Waals surface area contributed by atoms with Crippen molar-refractivity contribution in [1.29, 1.82) is 0 Å². The number of benzene rings is 1. The molecule has 27 heavy (non-hydrogen) atoms. The number of thiazole rings is 1. The van der Waals surface area contributed by atoms with Gasteiger partial charge >= 0.3 is 0 Å². The van der Waals surface area contributed by atoms with Crippen LogP contribution in [0.4, 0.5) is 0 Å². The summed E-state index contributed by atoms with van der Waals surface area (Å²) in [6.07, 6.45) is 1.68. The second-order valence-electron chi connectivity index (χ2n) is 6.92. The molecule has 6 nitrogen and oxygen atoms in total. The molecule has 1 fully saturated rings. The van der Waals surface area contributed by atoms with Gasteiger partial charge in [0.1, 0.15) is 9.88 Å². The number of amides is 1. The van der Waals surface area contributed by atoms with Gasteiger partial charge in [-0.15, -0.1) is 11.3 Å². The molecule has 1 N–H and O–H groups in total. The first-order chi connectivity index (χ1) is 13.0. The Morgan fingerprint density at radius 1 is 1.33 bits per heavy atom. The van der Waals surface area contributed by atoms with Crippen molar-refractivity contribution < 1.29 is 19.4 Å². The molecule has 3 rings (SSSR count). The number of carbonyl (C=O) groups excluding carboxylic acids is 1. The summed E-state index contributed by atoms with van der Waals surface area (Å²) in [5, 5.41) is 10.2. The van der Waals surface area contributed by atoms with Crippen LogP contribution in [0, 0.1) is 12.8 Å². The van der Waals surface area contributed by atoms with E-state index < -0.39 is 0 Å². The summed E-state index contributed by atoms with van der Waals surface area (Å²) in [7, 11) is 3.20. The number of hydrogen-bond donors (Lipinski definition) is 1. The Hall–Kier alpha value is -2.12. The van der Waals surface area contributed by atoms with E-state index in [0.29, 0.717) is 22.9 Å². The van der Waals surface area contributed by atoms with E-state index in [2.05, 4.69) is 4.98 Å². The number of rotatable bonds is 5. The van der Waals surface area contributed by atoms with Gasteiger partial charge in [0.25, 0.3) is 5.91 Å². The van der Waals surface area contributed by atoms with Crippen molar-refractivity contribution in [1.82, 2.24) is 9.88 Å². The molecule has 2 heterocycles. The number of hydrogen-bond acceptors (Lipinski definition) is 6. The Kier molecular flexibility index (Phi) is 6.01. The highest BCUT2D eigenvalue weighted by Gasteiger charge is 2.31. The van der Waals surface area contributed by atoms with Crippen LogP contribution in [0.15, 0.2) is 18.2 Å². The van der Waals surface area contributed by atoms with E-state index in [1.807, 2.05) is 36.9 Å². The van der Waals surface area contributed by atoms with Crippen LogP contribution < -0.4 is 9.47 Å². The van der Waals surface area contributed by atoms with E-state index in [1.54, 1.807) is 14.2 Å². The fourth-order valence-electron chi connectivity index (χ4n) is 3.56. The second-order valence-corrected chi connectivity index (χ2v) is 7.92. The molecule has 0 unspecified atom stereocenters. The monoisotopic (exact) mass is 390 g/mol. The average molecular weight is 391 g/mol. The molecule has 1 amide bonds. The Labute approximate surface area is 163 Å². The number of ether oxygens (including phenoxy) is 2. The summed E-state index contributed by atoms with van der Waals surface area (Å²) in [6.45, 7) is 4.79. The standard InChI is InChI=1S/C20H26N2O4S/c1-12-9-14(11-23)7-8-22(12)20(24)18-13(2)21-19(27-18)15-5-6-16(25-3)17(10-15)26-4/h5-6,10,12,14,23H,7-9,11H2,1-4H3/t12-,14-/m0/s1. The van der Waals surface area contributed by atoms with Gasteiger partial charge < -0.3 is 19.5 Å². The third kappa shape index (κ3) is 3.94. The molecule has 0 spiro atoms. The zero-order valence-electron chi connectivity index (χ0n) is 16.2. The van der Waals surface area contributed by atoms with Crippen molar-refractivity contribution in [2.45, 2.75) is 32.7 Å².